The fourth-order valence-corrected chi connectivity index (χ4v) is 4.48. The SMILES string of the molecule is CCCS(=O)(=O)N1CCC(Cc2nc(-c3cccnc3)n[nH]2)C1. The molecule has 1 N–H and O–H groups in total. The zero-order valence-corrected chi connectivity index (χ0v) is 14.0. The minimum Gasteiger partial charge on any atom is -0.264 e. The zero-order valence-electron chi connectivity index (χ0n) is 13.1. The first-order valence-electron chi connectivity index (χ1n) is 7.88. The summed E-state index contributed by atoms with van der Waals surface area (Å²) in [5, 5.41) is 7.17. The summed E-state index contributed by atoms with van der Waals surface area (Å²) in [6, 6.07) is 3.76. The van der Waals surface area contributed by atoms with Crippen molar-refractivity contribution >= 4 is 10.0 Å². The molecule has 1 aliphatic heterocycles. The maximum Gasteiger partial charge on any atom is 0.214 e. The number of aromatic nitrogens is 4. The summed E-state index contributed by atoms with van der Waals surface area (Å²) in [5.74, 6) is 1.94. The van der Waals surface area contributed by atoms with Crippen LogP contribution in [0.1, 0.15) is 25.6 Å². The predicted molar refractivity (Wildman–Crippen MR) is 87.1 cm³/mol. The Bertz CT molecular complexity index is 744. The van der Waals surface area contributed by atoms with Gasteiger partial charge in [-0.2, -0.15) is 5.10 Å². The van der Waals surface area contributed by atoms with Crippen molar-refractivity contribution in [2.24, 2.45) is 5.92 Å². The lowest BCUT2D eigenvalue weighted by molar-refractivity contribution is 0.453. The van der Waals surface area contributed by atoms with Crippen molar-refractivity contribution < 1.29 is 8.42 Å². The molecule has 1 atom stereocenters. The molecule has 7 nitrogen and oxygen atoms in total. The highest BCUT2D eigenvalue weighted by molar-refractivity contribution is 7.89. The van der Waals surface area contributed by atoms with Crippen LogP contribution in [-0.2, 0) is 16.4 Å². The lowest BCUT2D eigenvalue weighted by Gasteiger charge is -2.15. The molecule has 1 fully saturated rings. The molecular weight excluding hydrogens is 314 g/mol. The molecule has 8 heteroatoms. The lowest BCUT2D eigenvalue weighted by atomic mass is 10.1. The van der Waals surface area contributed by atoms with Crippen molar-refractivity contribution in [3.05, 3.63) is 30.4 Å². The number of hydrogen-bond donors (Lipinski definition) is 1. The van der Waals surface area contributed by atoms with Crippen LogP contribution in [0.2, 0.25) is 0 Å². The molecule has 0 aliphatic carbocycles. The maximum absolute atomic E-state index is 12.1. The van der Waals surface area contributed by atoms with E-state index in [1.807, 2.05) is 19.1 Å². The van der Waals surface area contributed by atoms with Gasteiger partial charge in [-0.1, -0.05) is 6.92 Å². The average Bonchev–Trinajstić information content (AvgIpc) is 3.18. The summed E-state index contributed by atoms with van der Waals surface area (Å²) >= 11 is 0. The van der Waals surface area contributed by atoms with Crippen LogP contribution >= 0.6 is 0 Å². The molecule has 0 spiro atoms. The Morgan fingerprint density at radius 3 is 3.04 bits per heavy atom. The van der Waals surface area contributed by atoms with Crippen LogP contribution in [0.5, 0.6) is 0 Å². The van der Waals surface area contributed by atoms with Crippen LogP contribution in [0.3, 0.4) is 0 Å². The number of nitrogens with one attached hydrogen (secondary N) is 1. The number of sulfonamides is 1. The average molecular weight is 335 g/mol. The summed E-state index contributed by atoms with van der Waals surface area (Å²) in [6.07, 6.45) is 5.67. The second-order valence-electron chi connectivity index (χ2n) is 5.88. The van der Waals surface area contributed by atoms with E-state index in [1.165, 1.54) is 0 Å². The van der Waals surface area contributed by atoms with Crippen LogP contribution < -0.4 is 0 Å². The van der Waals surface area contributed by atoms with E-state index in [1.54, 1.807) is 16.7 Å². The largest absolute Gasteiger partial charge is 0.264 e. The number of pyridine rings is 1. The standard InChI is InChI=1S/C15H21N5O2S/c1-2-8-23(21,22)20-7-5-12(11-20)9-14-17-15(19-18-14)13-4-3-6-16-10-13/h3-4,6,10,12H,2,5,7-9,11H2,1H3,(H,17,18,19). The summed E-state index contributed by atoms with van der Waals surface area (Å²) in [4.78, 5) is 8.55. The lowest BCUT2D eigenvalue weighted by Crippen LogP contribution is -2.31. The smallest absolute Gasteiger partial charge is 0.214 e. The highest BCUT2D eigenvalue weighted by Gasteiger charge is 2.31. The van der Waals surface area contributed by atoms with Crippen LogP contribution in [0.25, 0.3) is 11.4 Å². The second kappa shape index (κ2) is 6.76. The Labute approximate surface area is 136 Å². The molecule has 0 bridgehead atoms. The second-order valence-corrected chi connectivity index (χ2v) is 7.97. The molecular formula is C15H21N5O2S. The fourth-order valence-electron chi connectivity index (χ4n) is 2.89. The molecule has 1 aliphatic rings. The van der Waals surface area contributed by atoms with Crippen molar-refractivity contribution in [1.82, 2.24) is 24.5 Å². The van der Waals surface area contributed by atoms with Gasteiger partial charge in [-0.15, -0.1) is 0 Å². The van der Waals surface area contributed by atoms with Crippen molar-refractivity contribution in [1.29, 1.82) is 0 Å². The predicted octanol–water partition coefficient (Wildman–Crippen LogP) is 1.47. The molecule has 0 aromatic carbocycles. The molecule has 0 radical (unpaired) electrons. The van der Waals surface area contributed by atoms with Crippen molar-refractivity contribution in [2.45, 2.75) is 26.2 Å². The Hall–Kier alpha value is -1.80. The van der Waals surface area contributed by atoms with Crippen LogP contribution in [0.4, 0.5) is 0 Å². The van der Waals surface area contributed by atoms with Crippen LogP contribution in [0, 0.1) is 5.92 Å². The van der Waals surface area contributed by atoms with Gasteiger partial charge in [0, 0.05) is 37.5 Å². The van der Waals surface area contributed by atoms with Gasteiger partial charge in [-0.25, -0.2) is 17.7 Å². The van der Waals surface area contributed by atoms with E-state index in [0.29, 0.717) is 31.8 Å². The van der Waals surface area contributed by atoms with Crippen LogP contribution in [0.15, 0.2) is 24.5 Å². The third-order valence-corrected chi connectivity index (χ3v) is 6.08. The fraction of sp³-hybridized carbons (Fsp3) is 0.533. The van der Waals surface area contributed by atoms with Crippen molar-refractivity contribution in [2.75, 3.05) is 18.8 Å². The number of hydrogen-bond acceptors (Lipinski definition) is 5. The molecule has 0 amide bonds. The Balaban J connectivity index is 1.62. The van der Waals surface area contributed by atoms with Gasteiger partial charge in [0.05, 0.1) is 5.75 Å². The quantitative estimate of drug-likeness (QED) is 0.863. The number of H-pyrrole nitrogens is 1. The van der Waals surface area contributed by atoms with Gasteiger partial charge < -0.3 is 0 Å². The highest BCUT2D eigenvalue weighted by atomic mass is 32.2. The van der Waals surface area contributed by atoms with E-state index in [0.717, 1.165) is 17.8 Å². The monoisotopic (exact) mass is 335 g/mol. The molecule has 1 saturated heterocycles. The Morgan fingerprint density at radius 2 is 2.30 bits per heavy atom. The van der Waals surface area contributed by atoms with Gasteiger partial charge in [0.25, 0.3) is 0 Å². The Morgan fingerprint density at radius 1 is 1.43 bits per heavy atom. The molecule has 2 aromatic rings. The van der Waals surface area contributed by atoms with E-state index >= 15 is 0 Å². The van der Waals surface area contributed by atoms with Gasteiger partial charge in [0.2, 0.25) is 10.0 Å². The number of rotatable bonds is 6. The normalized spacial score (nSPS) is 19.3. The third kappa shape index (κ3) is 3.76. The number of aromatic amines is 1. The highest BCUT2D eigenvalue weighted by Crippen LogP contribution is 2.23. The van der Waals surface area contributed by atoms with Gasteiger partial charge in [-0.05, 0) is 30.9 Å². The van der Waals surface area contributed by atoms with Crippen LogP contribution in [-0.4, -0.2) is 51.7 Å². The van der Waals surface area contributed by atoms with E-state index < -0.39 is 10.0 Å². The first kappa shape index (κ1) is 16.1. The summed E-state index contributed by atoms with van der Waals surface area (Å²) in [7, 11) is -3.09. The first-order chi connectivity index (χ1) is 11.1. The minimum absolute atomic E-state index is 0.229. The molecule has 1 unspecified atom stereocenters. The minimum atomic E-state index is -3.09. The van der Waals surface area contributed by atoms with Gasteiger partial charge in [0.1, 0.15) is 5.82 Å². The molecule has 3 rings (SSSR count). The number of nitrogens with zero attached hydrogens (tertiary/aromatic N) is 4. The topological polar surface area (TPSA) is 91.8 Å². The van der Waals surface area contributed by atoms with Gasteiger partial charge in [0.15, 0.2) is 5.82 Å². The van der Waals surface area contributed by atoms with E-state index in [9.17, 15) is 8.42 Å². The zero-order chi connectivity index (χ0) is 16.3. The van der Waals surface area contributed by atoms with E-state index in [2.05, 4.69) is 20.2 Å². The van der Waals surface area contributed by atoms with Gasteiger partial charge >= 0.3 is 0 Å². The first-order valence-corrected chi connectivity index (χ1v) is 9.49. The summed E-state index contributed by atoms with van der Waals surface area (Å²) < 4.78 is 25.8. The molecule has 23 heavy (non-hydrogen) atoms. The van der Waals surface area contributed by atoms with Gasteiger partial charge in [-0.3, -0.25) is 10.1 Å². The Kier molecular flexibility index (Phi) is 4.72. The van der Waals surface area contributed by atoms with E-state index in [-0.39, 0.29) is 11.7 Å². The maximum atomic E-state index is 12.1. The summed E-state index contributed by atoms with van der Waals surface area (Å²) in [5.41, 5.74) is 0.869. The molecule has 124 valence electrons. The van der Waals surface area contributed by atoms with Crippen molar-refractivity contribution in [3.8, 4) is 11.4 Å². The molecule has 3 heterocycles. The third-order valence-electron chi connectivity index (χ3n) is 4.04. The molecule has 0 saturated carbocycles. The summed E-state index contributed by atoms with van der Waals surface area (Å²) in [6.45, 7) is 3.07. The van der Waals surface area contributed by atoms with Crippen molar-refractivity contribution in [3.63, 3.8) is 0 Å². The van der Waals surface area contributed by atoms with E-state index in [4.69, 9.17) is 0 Å². The molecule has 2 aromatic heterocycles.